The summed E-state index contributed by atoms with van der Waals surface area (Å²) in [5.74, 6) is -0.516. The first-order valence-electron chi connectivity index (χ1n) is 9.92. The van der Waals surface area contributed by atoms with Crippen molar-refractivity contribution in [1.29, 1.82) is 0 Å². The number of para-hydroxylation sites is 1. The number of hydrogen-bond acceptors (Lipinski definition) is 6. The van der Waals surface area contributed by atoms with Gasteiger partial charge in [-0.15, -0.1) is 11.3 Å². The maximum absolute atomic E-state index is 13.1. The predicted octanol–water partition coefficient (Wildman–Crippen LogP) is 5.55. The van der Waals surface area contributed by atoms with E-state index in [4.69, 9.17) is 0 Å². The number of thiazole rings is 1. The Morgan fingerprint density at radius 2 is 1.85 bits per heavy atom. The van der Waals surface area contributed by atoms with Crippen LogP contribution in [0.3, 0.4) is 0 Å². The second-order valence-corrected chi connectivity index (χ2v) is 8.86. The molecule has 0 aliphatic heterocycles. The van der Waals surface area contributed by atoms with Crippen molar-refractivity contribution in [2.75, 3.05) is 9.62 Å². The quantitative estimate of drug-likeness (QED) is 0.197. The van der Waals surface area contributed by atoms with Gasteiger partial charge in [0.2, 0.25) is 0 Å². The van der Waals surface area contributed by atoms with Gasteiger partial charge in [-0.3, -0.25) is 24.8 Å². The van der Waals surface area contributed by atoms with Crippen LogP contribution in [0.5, 0.6) is 0 Å². The van der Waals surface area contributed by atoms with E-state index < -0.39 is 22.1 Å². The number of nitrogens with one attached hydrogen (secondary N) is 1. The van der Waals surface area contributed by atoms with Gasteiger partial charge in [-0.1, -0.05) is 42.0 Å². The summed E-state index contributed by atoms with van der Waals surface area (Å²) in [6, 6.07) is 19.5. The van der Waals surface area contributed by atoms with Gasteiger partial charge >= 0.3 is 0 Å². The monoisotopic (exact) mass is 494 g/mol. The lowest BCUT2D eigenvalue weighted by Gasteiger charge is -2.22. The number of aromatic nitrogens is 1. The van der Waals surface area contributed by atoms with Gasteiger partial charge < -0.3 is 0 Å². The molecule has 0 aliphatic carbocycles. The third kappa shape index (κ3) is 5.01. The number of aryl methyl sites for hydroxylation is 1. The molecule has 3 aromatic carbocycles. The molecular weight excluding hydrogens is 476 g/mol. The Kier molecular flexibility index (Phi) is 6.77. The number of amides is 1. The number of nitro groups is 1. The highest BCUT2D eigenvalue weighted by Gasteiger charge is 2.22. The van der Waals surface area contributed by atoms with Crippen LogP contribution in [0.15, 0.2) is 78.2 Å². The second kappa shape index (κ2) is 9.91. The summed E-state index contributed by atoms with van der Waals surface area (Å²) in [4.78, 5) is 28.0. The first-order chi connectivity index (χ1) is 16.3. The van der Waals surface area contributed by atoms with E-state index in [1.165, 1.54) is 12.1 Å². The van der Waals surface area contributed by atoms with Crippen LogP contribution in [0.1, 0.15) is 15.9 Å². The zero-order chi connectivity index (χ0) is 24.2. The van der Waals surface area contributed by atoms with Gasteiger partial charge in [0.05, 0.1) is 27.6 Å². The molecule has 1 heterocycles. The third-order valence-electron chi connectivity index (χ3n) is 4.87. The molecule has 0 saturated heterocycles. The Balaban J connectivity index is 1.62. The van der Waals surface area contributed by atoms with Crippen LogP contribution >= 0.6 is 11.3 Å². The largest absolute Gasteiger partial charge is 0.298 e. The number of benzene rings is 3. The Hall–Kier alpha value is -3.93. The van der Waals surface area contributed by atoms with E-state index in [2.05, 4.69) is 10.3 Å². The van der Waals surface area contributed by atoms with E-state index >= 15 is 0 Å². The van der Waals surface area contributed by atoms with Gasteiger partial charge in [-0.25, -0.2) is 13.5 Å². The van der Waals surface area contributed by atoms with E-state index in [1.807, 2.05) is 19.1 Å². The number of anilines is 3. The average molecular weight is 495 g/mol. The topological polar surface area (TPSA) is 126 Å². The number of nitrogens with zero attached hydrogens (tertiary/aromatic N) is 3. The van der Waals surface area contributed by atoms with Crippen molar-refractivity contribution >= 4 is 50.7 Å². The van der Waals surface area contributed by atoms with Gasteiger partial charge in [-0.05, 0) is 31.2 Å². The molecule has 0 fully saturated rings. The normalized spacial score (nSPS) is 11.6. The van der Waals surface area contributed by atoms with Crippen LogP contribution in [-0.4, -0.2) is 24.6 Å². The number of rotatable bonds is 7. The van der Waals surface area contributed by atoms with Crippen molar-refractivity contribution in [3.63, 3.8) is 0 Å². The minimum atomic E-state index is -2.43. The van der Waals surface area contributed by atoms with E-state index in [-0.39, 0.29) is 22.1 Å². The Morgan fingerprint density at radius 3 is 2.56 bits per heavy atom. The molecular formula is C23H18N4O5S2. The highest BCUT2D eigenvalue weighted by Crippen LogP contribution is 2.32. The summed E-state index contributed by atoms with van der Waals surface area (Å²) in [6.07, 6.45) is 0. The first-order valence-corrected chi connectivity index (χ1v) is 11.9. The van der Waals surface area contributed by atoms with Gasteiger partial charge in [0, 0.05) is 23.1 Å². The predicted molar refractivity (Wildman–Crippen MR) is 133 cm³/mol. The summed E-state index contributed by atoms with van der Waals surface area (Å²) < 4.78 is 23.3. The van der Waals surface area contributed by atoms with Crippen LogP contribution < -0.4 is 9.62 Å². The summed E-state index contributed by atoms with van der Waals surface area (Å²) in [5, 5.41) is 15.7. The lowest BCUT2D eigenvalue weighted by atomic mass is 10.1. The molecule has 34 heavy (non-hydrogen) atoms. The van der Waals surface area contributed by atoms with Crippen LogP contribution in [0, 0.1) is 17.0 Å². The molecule has 4 aromatic rings. The summed E-state index contributed by atoms with van der Waals surface area (Å²) in [5.41, 5.74) is 2.84. The molecule has 1 unspecified atom stereocenters. The minimum absolute atomic E-state index is 0.0572. The van der Waals surface area contributed by atoms with Gasteiger partial charge in [0.25, 0.3) is 22.9 Å². The van der Waals surface area contributed by atoms with E-state index in [9.17, 15) is 23.7 Å². The zero-order valence-electron chi connectivity index (χ0n) is 17.7. The molecule has 1 aromatic heterocycles. The average Bonchev–Trinajstić information content (AvgIpc) is 3.29. The SMILES string of the molecule is Cc1ccc(N(c2ccccc2C(=O)Nc2nc(-c3cccc([N+](=O)[O-])c3)cs2)S(=O)O)cc1. The van der Waals surface area contributed by atoms with Crippen LogP contribution in [0.2, 0.25) is 0 Å². The first kappa shape index (κ1) is 23.2. The maximum atomic E-state index is 13.1. The van der Waals surface area contributed by atoms with Gasteiger partial charge in [-0.2, -0.15) is 0 Å². The molecule has 0 aliphatic rings. The van der Waals surface area contributed by atoms with E-state index in [0.29, 0.717) is 16.9 Å². The molecule has 11 heteroatoms. The van der Waals surface area contributed by atoms with Crippen LogP contribution in [-0.2, 0) is 11.3 Å². The number of hydrogen-bond donors (Lipinski definition) is 2. The number of carbonyl (C=O) groups is 1. The van der Waals surface area contributed by atoms with Crippen LogP contribution in [0.4, 0.5) is 22.2 Å². The Morgan fingerprint density at radius 1 is 1.12 bits per heavy atom. The molecule has 1 atom stereocenters. The molecule has 0 spiro atoms. The van der Waals surface area contributed by atoms with Crippen molar-refractivity contribution in [2.24, 2.45) is 0 Å². The Labute approximate surface area is 201 Å². The smallest absolute Gasteiger partial charge is 0.270 e. The Bertz CT molecular complexity index is 1390. The van der Waals surface area contributed by atoms with Crippen LogP contribution in [0.25, 0.3) is 11.3 Å². The maximum Gasteiger partial charge on any atom is 0.270 e. The van der Waals surface area contributed by atoms with Crippen molar-refractivity contribution in [3.8, 4) is 11.3 Å². The lowest BCUT2D eigenvalue weighted by molar-refractivity contribution is -0.384. The molecule has 172 valence electrons. The summed E-state index contributed by atoms with van der Waals surface area (Å²) in [6.45, 7) is 1.90. The summed E-state index contributed by atoms with van der Waals surface area (Å²) >= 11 is -1.26. The van der Waals surface area contributed by atoms with Crippen molar-refractivity contribution in [2.45, 2.75) is 6.92 Å². The molecule has 0 saturated carbocycles. The number of nitro benzene ring substituents is 1. The standard InChI is InChI=1S/C23H18N4O5S2/c1-15-9-11-17(12-10-15)26(34(31)32)21-8-3-2-7-19(21)22(28)25-23-24-20(14-33-23)16-5-4-6-18(13-16)27(29)30/h2-14H,1H3,(H,31,32)(H,24,25,28). The van der Waals surface area contributed by atoms with Crippen molar-refractivity contribution < 1.29 is 18.5 Å². The minimum Gasteiger partial charge on any atom is -0.298 e. The molecule has 1 amide bonds. The lowest BCUT2D eigenvalue weighted by Crippen LogP contribution is -2.23. The number of carbonyl (C=O) groups excluding carboxylic acids is 1. The molecule has 2 N–H and O–H groups in total. The molecule has 4 rings (SSSR count). The van der Waals surface area contributed by atoms with Crippen molar-refractivity contribution in [3.05, 3.63) is 99.4 Å². The fourth-order valence-electron chi connectivity index (χ4n) is 3.24. The fourth-order valence-corrected chi connectivity index (χ4v) is 4.59. The fraction of sp³-hybridized carbons (Fsp3) is 0.0435. The van der Waals surface area contributed by atoms with E-state index in [1.54, 1.807) is 53.9 Å². The molecule has 9 nitrogen and oxygen atoms in total. The van der Waals surface area contributed by atoms with Gasteiger partial charge in [0.1, 0.15) is 0 Å². The zero-order valence-corrected chi connectivity index (χ0v) is 19.4. The van der Waals surface area contributed by atoms with Gasteiger partial charge in [0.15, 0.2) is 5.13 Å². The van der Waals surface area contributed by atoms with E-state index in [0.717, 1.165) is 21.2 Å². The highest BCUT2D eigenvalue weighted by molar-refractivity contribution is 7.81. The molecule has 0 radical (unpaired) electrons. The third-order valence-corrected chi connectivity index (χ3v) is 6.35. The molecule has 0 bridgehead atoms. The summed E-state index contributed by atoms with van der Waals surface area (Å²) in [7, 11) is 0. The highest BCUT2D eigenvalue weighted by atomic mass is 32.2. The van der Waals surface area contributed by atoms with Crippen molar-refractivity contribution in [1.82, 2.24) is 4.98 Å². The second-order valence-electron chi connectivity index (χ2n) is 7.18. The number of non-ortho nitro benzene ring substituents is 1.